The topological polar surface area (TPSA) is 44.1 Å². The van der Waals surface area contributed by atoms with E-state index in [9.17, 15) is 4.79 Å². The predicted octanol–water partition coefficient (Wildman–Crippen LogP) is 2.88. The fourth-order valence-electron chi connectivity index (χ4n) is 2.15. The highest BCUT2D eigenvalue weighted by atomic mass is 35.5. The molecule has 0 aliphatic carbocycles. The summed E-state index contributed by atoms with van der Waals surface area (Å²) in [7, 11) is 1.63. The number of ether oxygens (including phenoxy) is 1. The lowest BCUT2D eigenvalue weighted by atomic mass is 10.0. The number of rotatable bonds is 3. The molecule has 1 aromatic carbocycles. The molecule has 5 heteroatoms. The zero-order valence-electron chi connectivity index (χ0n) is 12.0. The number of hydrogen-bond acceptors (Lipinski definition) is 3. The Morgan fingerprint density at radius 2 is 1.95 bits per heavy atom. The third-order valence-electron chi connectivity index (χ3n) is 3.44. The first-order chi connectivity index (χ1) is 9.43. The van der Waals surface area contributed by atoms with Gasteiger partial charge in [0.25, 0.3) is 5.56 Å². The second-order valence-electron chi connectivity index (χ2n) is 4.80. The van der Waals surface area contributed by atoms with Crippen molar-refractivity contribution >= 4 is 11.6 Å². The van der Waals surface area contributed by atoms with Crippen LogP contribution in [0.2, 0.25) is 5.15 Å². The molecule has 2 rings (SSSR count). The molecule has 20 heavy (non-hydrogen) atoms. The van der Waals surface area contributed by atoms with Crippen LogP contribution in [0, 0.1) is 20.8 Å². The second-order valence-corrected chi connectivity index (χ2v) is 5.16. The van der Waals surface area contributed by atoms with E-state index in [4.69, 9.17) is 16.3 Å². The van der Waals surface area contributed by atoms with E-state index in [-0.39, 0.29) is 5.56 Å². The maximum absolute atomic E-state index is 12.0. The second kappa shape index (κ2) is 5.67. The molecule has 0 unspecified atom stereocenters. The molecule has 0 saturated heterocycles. The van der Waals surface area contributed by atoms with Crippen molar-refractivity contribution < 1.29 is 4.74 Å². The molecule has 0 amide bonds. The molecule has 0 atom stereocenters. The lowest BCUT2D eigenvalue weighted by Crippen LogP contribution is -2.24. The van der Waals surface area contributed by atoms with Crippen LogP contribution < -0.4 is 10.3 Å². The van der Waals surface area contributed by atoms with Gasteiger partial charge in [-0.2, -0.15) is 5.10 Å². The van der Waals surface area contributed by atoms with Crippen molar-refractivity contribution in [3.63, 3.8) is 0 Å². The fraction of sp³-hybridized carbons (Fsp3) is 0.333. The van der Waals surface area contributed by atoms with Crippen LogP contribution in [0.3, 0.4) is 0 Å². The van der Waals surface area contributed by atoms with Gasteiger partial charge in [0.05, 0.1) is 13.7 Å². The highest BCUT2D eigenvalue weighted by Crippen LogP contribution is 2.24. The van der Waals surface area contributed by atoms with Crippen LogP contribution in [0.1, 0.15) is 22.3 Å². The lowest BCUT2D eigenvalue weighted by molar-refractivity contribution is 0.410. The Bertz CT molecular complexity index is 708. The summed E-state index contributed by atoms with van der Waals surface area (Å²) >= 11 is 5.99. The summed E-state index contributed by atoms with van der Waals surface area (Å²) in [4.78, 5) is 12.0. The van der Waals surface area contributed by atoms with Crippen molar-refractivity contribution in [3.8, 4) is 5.75 Å². The highest BCUT2D eigenvalue weighted by molar-refractivity contribution is 6.30. The van der Waals surface area contributed by atoms with Crippen molar-refractivity contribution in [1.82, 2.24) is 9.78 Å². The molecule has 0 aliphatic heterocycles. The maximum atomic E-state index is 12.0. The SMILES string of the molecule is COc1ccc(C)c(Cn2nc(Cl)c(C)cc2=O)c1C. The monoisotopic (exact) mass is 292 g/mol. The smallest absolute Gasteiger partial charge is 0.267 e. The van der Waals surface area contributed by atoms with E-state index in [1.807, 2.05) is 26.0 Å². The third-order valence-corrected chi connectivity index (χ3v) is 3.81. The molecule has 0 spiro atoms. The van der Waals surface area contributed by atoms with Crippen molar-refractivity contribution in [2.75, 3.05) is 7.11 Å². The molecule has 0 aliphatic rings. The highest BCUT2D eigenvalue weighted by Gasteiger charge is 2.11. The molecule has 1 heterocycles. The standard InChI is InChI=1S/C15H17ClN2O2/c1-9-5-6-13(20-4)11(3)12(9)8-18-14(19)7-10(2)15(16)17-18/h5-7H,8H2,1-4H3. The summed E-state index contributed by atoms with van der Waals surface area (Å²) in [6, 6.07) is 5.40. The van der Waals surface area contributed by atoms with Gasteiger partial charge in [0, 0.05) is 6.07 Å². The van der Waals surface area contributed by atoms with E-state index in [1.54, 1.807) is 14.0 Å². The van der Waals surface area contributed by atoms with Gasteiger partial charge >= 0.3 is 0 Å². The van der Waals surface area contributed by atoms with Crippen molar-refractivity contribution in [2.24, 2.45) is 0 Å². The van der Waals surface area contributed by atoms with E-state index in [0.29, 0.717) is 17.3 Å². The number of benzene rings is 1. The summed E-state index contributed by atoms with van der Waals surface area (Å²) in [6.45, 7) is 6.13. The molecule has 0 fully saturated rings. The molecule has 0 bridgehead atoms. The summed E-state index contributed by atoms with van der Waals surface area (Å²) in [5, 5.41) is 4.48. The van der Waals surface area contributed by atoms with Crippen LogP contribution >= 0.6 is 11.6 Å². The number of aryl methyl sites for hydroxylation is 2. The Labute approximate surface area is 123 Å². The Kier molecular flexibility index (Phi) is 4.14. The molecular formula is C15H17ClN2O2. The third kappa shape index (κ3) is 2.70. The Morgan fingerprint density at radius 3 is 2.60 bits per heavy atom. The van der Waals surface area contributed by atoms with Gasteiger partial charge < -0.3 is 4.74 Å². The first-order valence-electron chi connectivity index (χ1n) is 6.31. The first kappa shape index (κ1) is 14.6. The number of nitrogens with zero attached hydrogens (tertiary/aromatic N) is 2. The van der Waals surface area contributed by atoms with E-state index in [2.05, 4.69) is 5.10 Å². The summed E-state index contributed by atoms with van der Waals surface area (Å²) < 4.78 is 6.70. The van der Waals surface area contributed by atoms with Crippen LogP contribution in [-0.4, -0.2) is 16.9 Å². The molecule has 0 N–H and O–H groups in total. The minimum Gasteiger partial charge on any atom is -0.496 e. The van der Waals surface area contributed by atoms with Gasteiger partial charge in [0.1, 0.15) is 5.75 Å². The van der Waals surface area contributed by atoms with Gasteiger partial charge in [-0.25, -0.2) is 4.68 Å². The molecule has 0 radical (unpaired) electrons. The van der Waals surface area contributed by atoms with E-state index in [0.717, 1.165) is 22.4 Å². The largest absolute Gasteiger partial charge is 0.496 e. The minimum atomic E-state index is -0.159. The van der Waals surface area contributed by atoms with Gasteiger partial charge in [-0.1, -0.05) is 17.7 Å². The first-order valence-corrected chi connectivity index (χ1v) is 6.69. The van der Waals surface area contributed by atoms with E-state index < -0.39 is 0 Å². The van der Waals surface area contributed by atoms with Crippen molar-refractivity contribution in [3.05, 3.63) is 56.0 Å². The van der Waals surface area contributed by atoms with Crippen LogP contribution in [0.25, 0.3) is 0 Å². The Hall–Kier alpha value is -1.81. The van der Waals surface area contributed by atoms with Crippen molar-refractivity contribution in [2.45, 2.75) is 27.3 Å². The van der Waals surface area contributed by atoms with Gasteiger partial charge in [0.2, 0.25) is 0 Å². The molecule has 4 nitrogen and oxygen atoms in total. The van der Waals surface area contributed by atoms with Crippen LogP contribution in [0.5, 0.6) is 5.75 Å². The maximum Gasteiger partial charge on any atom is 0.267 e. The number of methoxy groups -OCH3 is 1. The van der Waals surface area contributed by atoms with Gasteiger partial charge in [-0.3, -0.25) is 4.79 Å². The van der Waals surface area contributed by atoms with Crippen LogP contribution in [0.15, 0.2) is 23.0 Å². The van der Waals surface area contributed by atoms with Crippen LogP contribution in [-0.2, 0) is 6.54 Å². The molecular weight excluding hydrogens is 276 g/mol. The average Bonchev–Trinajstić information content (AvgIpc) is 2.40. The summed E-state index contributed by atoms with van der Waals surface area (Å²) in [6.07, 6.45) is 0. The number of aromatic nitrogens is 2. The number of halogens is 1. The lowest BCUT2D eigenvalue weighted by Gasteiger charge is -2.14. The van der Waals surface area contributed by atoms with Gasteiger partial charge in [-0.15, -0.1) is 0 Å². The fourth-order valence-corrected chi connectivity index (χ4v) is 2.30. The van der Waals surface area contributed by atoms with Crippen molar-refractivity contribution in [1.29, 1.82) is 0 Å². The molecule has 106 valence electrons. The average molecular weight is 293 g/mol. The summed E-state index contributed by atoms with van der Waals surface area (Å²) in [5.74, 6) is 0.803. The van der Waals surface area contributed by atoms with Gasteiger partial charge in [0.15, 0.2) is 5.15 Å². The Morgan fingerprint density at radius 1 is 1.25 bits per heavy atom. The molecule has 1 aromatic heterocycles. The molecule has 0 saturated carbocycles. The predicted molar refractivity (Wildman–Crippen MR) is 79.8 cm³/mol. The van der Waals surface area contributed by atoms with E-state index >= 15 is 0 Å². The normalized spacial score (nSPS) is 10.7. The zero-order valence-corrected chi connectivity index (χ0v) is 12.8. The van der Waals surface area contributed by atoms with Gasteiger partial charge in [-0.05, 0) is 49.1 Å². The quantitative estimate of drug-likeness (QED) is 0.874. The Balaban J connectivity index is 2.50. The zero-order chi connectivity index (χ0) is 14.9. The van der Waals surface area contributed by atoms with E-state index in [1.165, 1.54) is 10.7 Å². The van der Waals surface area contributed by atoms with Crippen LogP contribution in [0.4, 0.5) is 0 Å². The number of hydrogen-bond donors (Lipinski definition) is 0. The molecule has 2 aromatic rings. The minimum absolute atomic E-state index is 0.159. The summed E-state index contributed by atoms with van der Waals surface area (Å²) in [5.41, 5.74) is 3.66.